The monoisotopic (exact) mass is 356 g/mol. The minimum Gasteiger partial charge on any atom is -0.486 e. The van der Waals surface area contributed by atoms with Crippen LogP contribution in [-0.4, -0.2) is 47.1 Å². The van der Waals surface area contributed by atoms with E-state index in [4.69, 9.17) is 9.47 Å². The fraction of sp³-hybridized carbons (Fsp3) is 0.421. The van der Waals surface area contributed by atoms with Crippen LogP contribution < -0.4 is 14.8 Å². The fourth-order valence-corrected chi connectivity index (χ4v) is 2.80. The van der Waals surface area contributed by atoms with Crippen molar-refractivity contribution in [2.45, 2.75) is 26.7 Å². The zero-order chi connectivity index (χ0) is 18.4. The van der Waals surface area contributed by atoms with Gasteiger partial charge in [0.25, 0.3) is 5.91 Å². The first-order valence-corrected chi connectivity index (χ1v) is 9.00. The first-order valence-electron chi connectivity index (χ1n) is 9.00. The Morgan fingerprint density at radius 2 is 1.85 bits per heavy atom. The number of aromatic nitrogens is 2. The predicted octanol–water partition coefficient (Wildman–Crippen LogP) is 3.25. The zero-order valence-electron chi connectivity index (χ0n) is 15.2. The summed E-state index contributed by atoms with van der Waals surface area (Å²) in [5, 5.41) is 3.12. The molecule has 26 heavy (non-hydrogen) atoms. The lowest BCUT2D eigenvalue weighted by atomic mass is 10.2. The highest BCUT2D eigenvalue weighted by Gasteiger charge is 2.17. The van der Waals surface area contributed by atoms with E-state index in [1.54, 1.807) is 12.3 Å². The van der Waals surface area contributed by atoms with Crippen LogP contribution in [0, 0.1) is 0 Å². The average molecular weight is 356 g/mol. The molecule has 0 saturated heterocycles. The van der Waals surface area contributed by atoms with Crippen LogP contribution in [-0.2, 0) is 0 Å². The lowest BCUT2D eigenvalue weighted by Crippen LogP contribution is -2.33. The highest BCUT2D eigenvalue weighted by molar-refractivity contribution is 5.92. The lowest BCUT2D eigenvalue weighted by Gasteiger charge is -2.21. The molecule has 2 aromatic rings. The normalized spacial score (nSPS) is 12.5. The summed E-state index contributed by atoms with van der Waals surface area (Å²) in [5.41, 5.74) is 1.17. The Balaban J connectivity index is 1.75. The molecule has 0 spiro atoms. The molecular weight excluding hydrogens is 332 g/mol. The largest absolute Gasteiger partial charge is 0.486 e. The summed E-state index contributed by atoms with van der Waals surface area (Å²) < 4.78 is 11.1. The van der Waals surface area contributed by atoms with Crippen molar-refractivity contribution >= 4 is 17.5 Å². The van der Waals surface area contributed by atoms with Gasteiger partial charge in [0.1, 0.15) is 18.9 Å². The second-order valence-corrected chi connectivity index (χ2v) is 6.04. The predicted molar refractivity (Wildman–Crippen MR) is 99.2 cm³/mol. The van der Waals surface area contributed by atoms with Crippen molar-refractivity contribution in [2.24, 2.45) is 0 Å². The molecule has 7 heteroatoms. The molecule has 1 aromatic carbocycles. The van der Waals surface area contributed by atoms with Gasteiger partial charge in [-0.2, -0.15) is 0 Å². The molecule has 1 aliphatic rings. The van der Waals surface area contributed by atoms with Crippen molar-refractivity contribution in [1.29, 1.82) is 0 Å². The zero-order valence-corrected chi connectivity index (χ0v) is 15.2. The molecule has 1 amide bonds. The van der Waals surface area contributed by atoms with Crippen LogP contribution in [0.3, 0.4) is 0 Å². The van der Waals surface area contributed by atoms with Gasteiger partial charge < -0.3 is 19.7 Å². The van der Waals surface area contributed by atoms with Crippen molar-refractivity contribution in [2.75, 3.05) is 31.6 Å². The van der Waals surface area contributed by atoms with Gasteiger partial charge in [-0.15, -0.1) is 0 Å². The van der Waals surface area contributed by atoms with Gasteiger partial charge in [-0.25, -0.2) is 9.97 Å². The highest BCUT2D eigenvalue weighted by Crippen LogP contribution is 2.33. The Hall–Kier alpha value is -2.83. The van der Waals surface area contributed by atoms with Crippen LogP contribution in [0.15, 0.2) is 30.5 Å². The summed E-state index contributed by atoms with van der Waals surface area (Å²) in [6, 6.07) is 7.20. The molecule has 0 bridgehead atoms. The molecule has 1 N–H and O–H groups in total. The van der Waals surface area contributed by atoms with Crippen molar-refractivity contribution in [3.63, 3.8) is 0 Å². The highest BCUT2D eigenvalue weighted by atomic mass is 16.6. The molecule has 1 aromatic heterocycles. The lowest BCUT2D eigenvalue weighted by molar-refractivity contribution is 0.0749. The second kappa shape index (κ2) is 8.51. The maximum absolute atomic E-state index is 12.7. The number of ether oxygens (including phenoxy) is 2. The number of amides is 1. The number of fused-ring (bicyclic) bond motifs is 1. The van der Waals surface area contributed by atoms with Crippen LogP contribution in [0.4, 0.5) is 11.6 Å². The molecule has 0 radical (unpaired) electrons. The van der Waals surface area contributed by atoms with Crippen LogP contribution in [0.1, 0.15) is 37.2 Å². The molecule has 138 valence electrons. The molecule has 0 aliphatic carbocycles. The van der Waals surface area contributed by atoms with E-state index in [1.807, 2.05) is 23.1 Å². The number of benzene rings is 1. The Bertz CT molecular complexity index is 760. The maximum Gasteiger partial charge on any atom is 0.272 e. The average Bonchev–Trinajstić information content (AvgIpc) is 2.67. The Morgan fingerprint density at radius 1 is 1.12 bits per heavy atom. The molecular formula is C19H24N4O3. The Labute approximate surface area is 153 Å². The summed E-state index contributed by atoms with van der Waals surface area (Å²) >= 11 is 0. The van der Waals surface area contributed by atoms with Gasteiger partial charge in [-0.1, -0.05) is 13.8 Å². The summed E-state index contributed by atoms with van der Waals surface area (Å²) in [6.07, 6.45) is 3.43. The van der Waals surface area contributed by atoms with Gasteiger partial charge in [-0.3, -0.25) is 4.79 Å². The van der Waals surface area contributed by atoms with E-state index in [0.29, 0.717) is 30.6 Å². The van der Waals surface area contributed by atoms with E-state index in [-0.39, 0.29) is 5.91 Å². The Kier molecular flexibility index (Phi) is 5.88. The van der Waals surface area contributed by atoms with E-state index in [1.165, 1.54) is 0 Å². The van der Waals surface area contributed by atoms with Crippen LogP contribution in [0.5, 0.6) is 11.5 Å². The van der Waals surface area contributed by atoms with Crippen molar-refractivity contribution < 1.29 is 14.3 Å². The van der Waals surface area contributed by atoms with Crippen LogP contribution in [0.25, 0.3) is 0 Å². The SMILES string of the molecule is CCCN(CCC)C(=O)c1ccnc(Nc2ccc3c(c2)OCCO3)n1. The van der Waals surface area contributed by atoms with Crippen LogP contribution in [0.2, 0.25) is 0 Å². The topological polar surface area (TPSA) is 76.6 Å². The third kappa shape index (κ3) is 4.22. The smallest absolute Gasteiger partial charge is 0.272 e. The standard InChI is InChI=1S/C19H24N4O3/c1-3-9-23(10-4-2)18(24)15-7-8-20-19(22-15)21-14-5-6-16-17(13-14)26-12-11-25-16/h5-8,13H,3-4,9-12H2,1-2H3,(H,20,21,22). The molecule has 1 aliphatic heterocycles. The first kappa shape index (κ1) is 18.0. The Morgan fingerprint density at radius 3 is 2.58 bits per heavy atom. The molecule has 0 atom stereocenters. The van der Waals surface area contributed by atoms with E-state index < -0.39 is 0 Å². The minimum absolute atomic E-state index is 0.0682. The van der Waals surface area contributed by atoms with Gasteiger partial charge >= 0.3 is 0 Å². The third-order valence-electron chi connectivity index (χ3n) is 3.95. The number of rotatable bonds is 7. The third-order valence-corrected chi connectivity index (χ3v) is 3.95. The molecule has 0 saturated carbocycles. The quantitative estimate of drug-likeness (QED) is 0.821. The van der Waals surface area contributed by atoms with Crippen LogP contribution >= 0.6 is 0 Å². The summed E-state index contributed by atoms with van der Waals surface area (Å²) in [7, 11) is 0. The van der Waals surface area contributed by atoms with Crippen molar-refractivity contribution in [3.05, 3.63) is 36.2 Å². The molecule has 2 heterocycles. The van der Waals surface area contributed by atoms with Gasteiger partial charge in [-0.05, 0) is 31.0 Å². The van der Waals surface area contributed by atoms with E-state index >= 15 is 0 Å². The number of anilines is 2. The number of nitrogens with zero attached hydrogens (tertiary/aromatic N) is 3. The summed E-state index contributed by atoms with van der Waals surface area (Å²) in [5.74, 6) is 1.72. The van der Waals surface area contributed by atoms with E-state index in [9.17, 15) is 4.79 Å². The van der Waals surface area contributed by atoms with Crippen molar-refractivity contribution in [1.82, 2.24) is 14.9 Å². The maximum atomic E-state index is 12.7. The number of carbonyl (C=O) groups is 1. The van der Waals surface area contributed by atoms with Gasteiger partial charge in [0.2, 0.25) is 5.95 Å². The minimum atomic E-state index is -0.0682. The molecule has 0 unspecified atom stereocenters. The van der Waals surface area contributed by atoms with Gasteiger partial charge in [0, 0.05) is 31.0 Å². The van der Waals surface area contributed by atoms with Crippen molar-refractivity contribution in [3.8, 4) is 11.5 Å². The van der Waals surface area contributed by atoms with E-state index in [2.05, 4.69) is 29.1 Å². The molecule has 0 fully saturated rings. The molecule has 3 rings (SSSR count). The van der Waals surface area contributed by atoms with Gasteiger partial charge in [0.05, 0.1) is 0 Å². The number of carbonyl (C=O) groups excluding carboxylic acids is 1. The number of nitrogens with one attached hydrogen (secondary N) is 1. The fourth-order valence-electron chi connectivity index (χ4n) is 2.80. The van der Waals surface area contributed by atoms with E-state index in [0.717, 1.165) is 37.4 Å². The summed E-state index contributed by atoms with van der Waals surface area (Å²) in [6.45, 7) is 6.65. The second-order valence-electron chi connectivity index (χ2n) is 6.04. The first-order chi connectivity index (χ1) is 12.7. The number of hydrogen-bond donors (Lipinski definition) is 1. The molecule has 7 nitrogen and oxygen atoms in total. The number of hydrogen-bond acceptors (Lipinski definition) is 6. The van der Waals surface area contributed by atoms with Gasteiger partial charge in [0.15, 0.2) is 11.5 Å². The summed E-state index contributed by atoms with van der Waals surface area (Å²) in [4.78, 5) is 23.1.